The van der Waals surface area contributed by atoms with Gasteiger partial charge in [-0.1, -0.05) is 6.07 Å². The van der Waals surface area contributed by atoms with Crippen LogP contribution in [0.25, 0.3) is 0 Å². The molecule has 0 aliphatic rings. The molecule has 0 radical (unpaired) electrons. The molecule has 0 saturated carbocycles. The summed E-state index contributed by atoms with van der Waals surface area (Å²) in [4.78, 5) is 19.4. The average molecular weight is 469 g/mol. The van der Waals surface area contributed by atoms with Gasteiger partial charge in [0, 0.05) is 16.7 Å². The first kappa shape index (κ1) is 19.9. The number of carbonyl (C=O) groups is 1. The topological polar surface area (TPSA) is 161 Å². The summed E-state index contributed by atoms with van der Waals surface area (Å²) in [6.07, 6.45) is 1.34. The molecular weight excluding hydrogens is 458 g/mol. The first-order valence-electron chi connectivity index (χ1n) is 6.35. The summed E-state index contributed by atoms with van der Waals surface area (Å²) in [6, 6.07) is 2.61. The van der Waals surface area contributed by atoms with Gasteiger partial charge in [-0.05, 0) is 51.6 Å². The van der Waals surface area contributed by atoms with Crippen LogP contribution in [0.4, 0.5) is 5.82 Å². The Hall–Kier alpha value is -1.44. The molecule has 0 bridgehead atoms. The van der Waals surface area contributed by atoms with Gasteiger partial charge in [0.25, 0.3) is 10.1 Å². The van der Waals surface area contributed by atoms with E-state index in [9.17, 15) is 17.8 Å². The predicted molar refractivity (Wildman–Crippen MR) is 96.6 cm³/mol. The van der Waals surface area contributed by atoms with Crippen molar-refractivity contribution in [3.05, 3.63) is 39.7 Å². The molecule has 134 valence electrons. The number of nitrogens with two attached hydrogens (primary N) is 2. The SMILES string of the molecule is NSc1ccc(C(Nc2nc(Cl)ncc2Br)C(N)=O)c(S(=O)(=O)O)c1. The Morgan fingerprint density at radius 3 is 2.68 bits per heavy atom. The number of rotatable bonds is 6. The first-order chi connectivity index (χ1) is 11.6. The lowest BCUT2D eigenvalue weighted by atomic mass is 10.1. The van der Waals surface area contributed by atoms with Gasteiger partial charge in [-0.2, -0.15) is 13.4 Å². The zero-order valence-electron chi connectivity index (χ0n) is 12.2. The number of halogens is 2. The molecule has 0 spiro atoms. The second-order valence-corrected chi connectivity index (χ2v) is 7.90. The van der Waals surface area contributed by atoms with Gasteiger partial charge in [-0.25, -0.2) is 4.98 Å². The number of benzene rings is 1. The van der Waals surface area contributed by atoms with Crippen LogP contribution in [0.2, 0.25) is 5.28 Å². The minimum atomic E-state index is -4.64. The van der Waals surface area contributed by atoms with E-state index >= 15 is 0 Å². The van der Waals surface area contributed by atoms with Gasteiger partial charge >= 0.3 is 0 Å². The molecule has 0 fully saturated rings. The number of hydrogen-bond acceptors (Lipinski definition) is 8. The summed E-state index contributed by atoms with van der Waals surface area (Å²) < 4.78 is 33.2. The summed E-state index contributed by atoms with van der Waals surface area (Å²) in [5.41, 5.74) is 5.31. The highest BCUT2D eigenvalue weighted by atomic mass is 79.9. The number of primary amides is 1. The van der Waals surface area contributed by atoms with E-state index in [4.69, 9.17) is 22.5 Å². The van der Waals surface area contributed by atoms with Crippen molar-refractivity contribution < 1.29 is 17.8 Å². The van der Waals surface area contributed by atoms with Crippen LogP contribution in [0.1, 0.15) is 11.6 Å². The first-order valence-corrected chi connectivity index (χ1v) is 9.84. The summed E-state index contributed by atoms with van der Waals surface area (Å²) in [6.45, 7) is 0. The Balaban J connectivity index is 2.58. The highest BCUT2D eigenvalue weighted by Crippen LogP contribution is 2.30. The van der Waals surface area contributed by atoms with Crippen LogP contribution < -0.4 is 16.2 Å². The van der Waals surface area contributed by atoms with Crippen molar-refractivity contribution in [3.63, 3.8) is 0 Å². The Morgan fingerprint density at radius 1 is 1.44 bits per heavy atom. The normalized spacial score (nSPS) is 12.6. The van der Waals surface area contributed by atoms with Crippen LogP contribution >= 0.6 is 39.5 Å². The van der Waals surface area contributed by atoms with Crippen LogP contribution in [-0.4, -0.2) is 28.8 Å². The van der Waals surface area contributed by atoms with Crippen LogP contribution in [-0.2, 0) is 14.9 Å². The van der Waals surface area contributed by atoms with Crippen molar-refractivity contribution in [3.8, 4) is 0 Å². The fourth-order valence-electron chi connectivity index (χ4n) is 1.94. The Kier molecular flexibility index (Phi) is 6.24. The monoisotopic (exact) mass is 467 g/mol. The van der Waals surface area contributed by atoms with Gasteiger partial charge in [0.15, 0.2) is 0 Å². The molecule has 1 amide bonds. The van der Waals surface area contributed by atoms with E-state index in [1.165, 1.54) is 18.3 Å². The third kappa shape index (κ3) is 4.80. The molecule has 13 heteroatoms. The molecule has 25 heavy (non-hydrogen) atoms. The maximum absolute atomic E-state index is 11.9. The Labute approximate surface area is 160 Å². The van der Waals surface area contributed by atoms with Crippen molar-refractivity contribution in [2.45, 2.75) is 15.8 Å². The lowest BCUT2D eigenvalue weighted by Crippen LogP contribution is -2.29. The highest BCUT2D eigenvalue weighted by molar-refractivity contribution is 9.10. The number of nitrogens with zero attached hydrogens (tertiary/aromatic N) is 2. The minimum absolute atomic E-state index is 0.0746. The molecule has 1 atom stereocenters. The summed E-state index contributed by atoms with van der Waals surface area (Å²) in [5.74, 6) is -0.790. The predicted octanol–water partition coefficient (Wildman–Crippen LogP) is 1.74. The van der Waals surface area contributed by atoms with Crippen molar-refractivity contribution in [2.24, 2.45) is 10.9 Å². The second-order valence-electron chi connectivity index (χ2n) is 4.61. The quantitative estimate of drug-likeness (QED) is 0.281. The molecule has 0 saturated heterocycles. The fourth-order valence-corrected chi connectivity index (χ4v) is 3.54. The second kappa shape index (κ2) is 7.85. The lowest BCUT2D eigenvalue weighted by molar-refractivity contribution is -0.118. The van der Waals surface area contributed by atoms with Crippen LogP contribution in [0, 0.1) is 0 Å². The molecule has 1 unspecified atom stereocenters. The van der Waals surface area contributed by atoms with Crippen LogP contribution in [0.15, 0.2) is 38.7 Å². The molecule has 1 heterocycles. The Morgan fingerprint density at radius 2 is 2.12 bits per heavy atom. The maximum Gasteiger partial charge on any atom is 0.294 e. The number of nitrogens with one attached hydrogen (secondary N) is 1. The van der Waals surface area contributed by atoms with Crippen LogP contribution in [0.5, 0.6) is 0 Å². The molecule has 9 nitrogen and oxygen atoms in total. The fraction of sp³-hybridized carbons (Fsp3) is 0.0833. The number of anilines is 1. The zero-order chi connectivity index (χ0) is 18.8. The smallest absolute Gasteiger partial charge is 0.294 e. The lowest BCUT2D eigenvalue weighted by Gasteiger charge is -2.19. The maximum atomic E-state index is 11.9. The number of hydrogen-bond donors (Lipinski definition) is 4. The van der Waals surface area contributed by atoms with Gasteiger partial charge in [0.1, 0.15) is 16.8 Å². The van der Waals surface area contributed by atoms with Crippen molar-refractivity contribution in [1.82, 2.24) is 9.97 Å². The molecule has 1 aromatic heterocycles. The van der Waals surface area contributed by atoms with Crippen molar-refractivity contribution >= 4 is 61.3 Å². The summed E-state index contributed by atoms with van der Waals surface area (Å²) in [7, 11) is -4.64. The molecule has 2 rings (SSSR count). The van der Waals surface area contributed by atoms with E-state index in [2.05, 4.69) is 31.2 Å². The van der Waals surface area contributed by atoms with E-state index in [0.29, 0.717) is 9.37 Å². The summed E-state index contributed by atoms with van der Waals surface area (Å²) in [5, 5.41) is 7.99. The van der Waals surface area contributed by atoms with E-state index in [-0.39, 0.29) is 16.7 Å². The number of aromatic nitrogens is 2. The van der Waals surface area contributed by atoms with Crippen LogP contribution in [0.3, 0.4) is 0 Å². The zero-order valence-corrected chi connectivity index (χ0v) is 16.2. The molecule has 6 N–H and O–H groups in total. The van der Waals surface area contributed by atoms with Gasteiger partial charge in [0.05, 0.1) is 4.47 Å². The van der Waals surface area contributed by atoms with Gasteiger partial charge in [-0.3, -0.25) is 14.5 Å². The molecule has 0 aliphatic carbocycles. The Bertz CT molecular complexity index is 928. The third-order valence-corrected chi connectivity index (χ3v) is 5.19. The van der Waals surface area contributed by atoms with Gasteiger partial charge in [-0.15, -0.1) is 0 Å². The number of amides is 1. The molecule has 1 aromatic carbocycles. The van der Waals surface area contributed by atoms with E-state index in [1.54, 1.807) is 0 Å². The number of carbonyl (C=O) groups excluding carboxylic acids is 1. The third-order valence-electron chi connectivity index (χ3n) is 2.99. The van der Waals surface area contributed by atoms with E-state index in [1.807, 2.05) is 0 Å². The molecular formula is C12H11BrClN5O4S2. The average Bonchev–Trinajstić information content (AvgIpc) is 2.54. The molecule has 0 aliphatic heterocycles. The summed E-state index contributed by atoms with van der Waals surface area (Å²) >= 11 is 9.67. The van der Waals surface area contributed by atoms with Crippen molar-refractivity contribution in [1.29, 1.82) is 0 Å². The molecule has 2 aromatic rings. The van der Waals surface area contributed by atoms with E-state index in [0.717, 1.165) is 18.0 Å². The minimum Gasteiger partial charge on any atom is -0.368 e. The standard InChI is InChI=1S/C12H11BrClN5O4S2/c13-7-4-17-12(14)19-11(7)18-9(10(15)20)6-2-1-5(24-16)3-8(6)25(21,22)23/h1-4,9H,16H2,(H2,15,20)(H,17,18,19)(H,21,22,23). The highest BCUT2D eigenvalue weighted by Gasteiger charge is 2.27. The van der Waals surface area contributed by atoms with E-state index < -0.39 is 27.0 Å². The largest absolute Gasteiger partial charge is 0.368 e. The van der Waals surface area contributed by atoms with Crippen molar-refractivity contribution in [2.75, 3.05) is 5.32 Å². The van der Waals surface area contributed by atoms with Gasteiger partial charge in [0.2, 0.25) is 11.2 Å². The van der Waals surface area contributed by atoms with Gasteiger partial charge < -0.3 is 11.1 Å².